The Morgan fingerprint density at radius 3 is 2.41 bits per heavy atom. The van der Waals surface area contributed by atoms with Crippen molar-refractivity contribution in [2.45, 2.75) is 18.8 Å². The number of sulfonamides is 1. The molecule has 4 rings (SSSR count). The molecule has 1 aromatic carbocycles. The van der Waals surface area contributed by atoms with E-state index in [-0.39, 0.29) is 39.6 Å². The average Bonchev–Trinajstić information content (AvgIpc) is 3.13. The van der Waals surface area contributed by atoms with Gasteiger partial charge >= 0.3 is 6.18 Å². The molecule has 2 aromatic heterocycles. The van der Waals surface area contributed by atoms with Crippen molar-refractivity contribution in [1.29, 1.82) is 0 Å². The molecule has 0 saturated carbocycles. The summed E-state index contributed by atoms with van der Waals surface area (Å²) >= 11 is 6.01. The SMILES string of the molecule is CN1CC(Oc2cnc(-c3cc(C(=O)Nc4cc(Cl)cc(NS(C)(=O)=O)c4)cn3CC(F)(F)F)nc2)C1. The van der Waals surface area contributed by atoms with Gasteiger partial charge in [0.15, 0.2) is 11.6 Å². The van der Waals surface area contributed by atoms with E-state index in [9.17, 15) is 26.4 Å². The Bertz CT molecular complexity index is 1410. The van der Waals surface area contributed by atoms with Crippen LogP contribution in [0.1, 0.15) is 10.4 Å². The van der Waals surface area contributed by atoms with Gasteiger partial charge in [-0.2, -0.15) is 13.2 Å². The van der Waals surface area contributed by atoms with Crippen LogP contribution in [0.3, 0.4) is 0 Å². The number of carbonyl (C=O) groups excluding carboxylic acids is 1. The van der Waals surface area contributed by atoms with Crippen LogP contribution >= 0.6 is 11.6 Å². The second kappa shape index (κ2) is 10.2. The molecule has 0 aliphatic carbocycles. The fourth-order valence-electron chi connectivity index (χ4n) is 3.70. The molecule has 1 aliphatic rings. The Hall–Kier alpha value is -3.36. The van der Waals surface area contributed by atoms with Crippen LogP contribution in [0.25, 0.3) is 11.5 Å². The fourth-order valence-corrected chi connectivity index (χ4v) is 4.48. The number of aromatic nitrogens is 3. The standard InChI is InChI=1S/C22H22ClF3N6O4S/c1-31-10-18(11-31)36-17-7-27-20(28-8-17)19-3-13(9-32(19)12-22(24,25)26)21(33)29-15-4-14(23)5-16(6-15)30-37(2,34)35/h3-9,18,30H,10-12H2,1-2H3,(H,29,33). The summed E-state index contributed by atoms with van der Waals surface area (Å²) < 4.78 is 71.5. The van der Waals surface area contributed by atoms with Gasteiger partial charge < -0.3 is 14.6 Å². The molecule has 1 amide bonds. The van der Waals surface area contributed by atoms with Crippen molar-refractivity contribution in [1.82, 2.24) is 19.4 Å². The third-order valence-electron chi connectivity index (χ3n) is 5.16. The fraction of sp³-hybridized carbons (Fsp3) is 0.318. The van der Waals surface area contributed by atoms with E-state index in [1.807, 2.05) is 7.05 Å². The van der Waals surface area contributed by atoms with Crippen LogP contribution in [-0.4, -0.2) is 72.4 Å². The van der Waals surface area contributed by atoms with Crippen molar-refractivity contribution in [2.75, 3.05) is 36.4 Å². The van der Waals surface area contributed by atoms with Crippen LogP contribution in [0.4, 0.5) is 24.5 Å². The van der Waals surface area contributed by atoms with Crippen molar-refractivity contribution in [3.63, 3.8) is 0 Å². The number of anilines is 2. The van der Waals surface area contributed by atoms with Gasteiger partial charge in [0, 0.05) is 30.0 Å². The van der Waals surface area contributed by atoms with Crippen LogP contribution in [0.5, 0.6) is 5.75 Å². The maximum atomic E-state index is 13.2. The predicted molar refractivity (Wildman–Crippen MR) is 131 cm³/mol. The predicted octanol–water partition coefficient (Wildman–Crippen LogP) is 3.48. The number of likely N-dealkylation sites (tertiary alicyclic amines) is 1. The van der Waals surface area contributed by atoms with Gasteiger partial charge in [0.05, 0.1) is 35.6 Å². The van der Waals surface area contributed by atoms with Gasteiger partial charge in [-0.25, -0.2) is 18.4 Å². The summed E-state index contributed by atoms with van der Waals surface area (Å²) in [7, 11) is -1.66. The molecule has 1 saturated heterocycles. The van der Waals surface area contributed by atoms with Crippen LogP contribution in [0.15, 0.2) is 42.9 Å². The monoisotopic (exact) mass is 558 g/mol. The number of hydrogen-bond donors (Lipinski definition) is 2. The smallest absolute Gasteiger partial charge is 0.406 e. The minimum atomic E-state index is -4.57. The molecule has 0 atom stereocenters. The molecule has 1 fully saturated rings. The molecule has 3 aromatic rings. The zero-order valence-corrected chi connectivity index (χ0v) is 21.2. The Kier molecular flexibility index (Phi) is 7.35. The second-order valence-electron chi connectivity index (χ2n) is 8.62. The third-order valence-corrected chi connectivity index (χ3v) is 5.98. The van der Waals surface area contributed by atoms with Gasteiger partial charge in [0.25, 0.3) is 5.91 Å². The molecule has 15 heteroatoms. The van der Waals surface area contributed by atoms with Crippen molar-refractivity contribution in [2.24, 2.45) is 0 Å². The number of benzene rings is 1. The van der Waals surface area contributed by atoms with Gasteiger partial charge in [-0.15, -0.1) is 0 Å². The number of alkyl halides is 3. The number of amides is 1. The third kappa shape index (κ3) is 7.33. The molecule has 0 bridgehead atoms. The summed E-state index contributed by atoms with van der Waals surface area (Å²) in [4.78, 5) is 23.2. The first-order valence-electron chi connectivity index (χ1n) is 10.8. The molecule has 0 spiro atoms. The van der Waals surface area contributed by atoms with Crippen LogP contribution in [0.2, 0.25) is 5.02 Å². The van der Waals surface area contributed by atoms with Crippen LogP contribution in [-0.2, 0) is 16.6 Å². The number of hydrogen-bond acceptors (Lipinski definition) is 7. The first-order valence-corrected chi connectivity index (χ1v) is 13.1. The van der Waals surface area contributed by atoms with E-state index in [2.05, 4.69) is 24.9 Å². The van der Waals surface area contributed by atoms with E-state index in [4.69, 9.17) is 16.3 Å². The van der Waals surface area contributed by atoms with Gasteiger partial charge in [0.2, 0.25) is 10.0 Å². The van der Waals surface area contributed by atoms with Gasteiger partial charge in [-0.1, -0.05) is 11.6 Å². The molecule has 0 unspecified atom stereocenters. The van der Waals surface area contributed by atoms with E-state index in [0.29, 0.717) is 5.75 Å². The number of rotatable bonds is 8. The number of halogens is 4. The normalized spacial score (nSPS) is 14.8. The number of nitrogens with one attached hydrogen (secondary N) is 2. The summed E-state index contributed by atoms with van der Waals surface area (Å²) in [5, 5.41) is 2.64. The molecule has 1 aliphatic heterocycles. The van der Waals surface area contributed by atoms with Gasteiger partial charge in [-0.3, -0.25) is 14.4 Å². The highest BCUT2D eigenvalue weighted by Gasteiger charge is 2.30. The molecule has 37 heavy (non-hydrogen) atoms. The lowest BCUT2D eigenvalue weighted by Crippen LogP contribution is -2.51. The molecular weight excluding hydrogens is 537 g/mol. The lowest BCUT2D eigenvalue weighted by molar-refractivity contribution is -0.140. The van der Waals surface area contributed by atoms with E-state index in [0.717, 1.165) is 30.1 Å². The number of nitrogens with zero attached hydrogens (tertiary/aromatic N) is 4. The van der Waals surface area contributed by atoms with Crippen molar-refractivity contribution < 1.29 is 31.1 Å². The highest BCUT2D eigenvalue weighted by atomic mass is 35.5. The van der Waals surface area contributed by atoms with Crippen LogP contribution < -0.4 is 14.8 Å². The summed E-state index contributed by atoms with van der Waals surface area (Å²) in [5.74, 6) is -0.388. The van der Waals surface area contributed by atoms with Crippen LogP contribution in [0, 0.1) is 0 Å². The lowest BCUT2D eigenvalue weighted by atomic mass is 10.2. The zero-order chi connectivity index (χ0) is 27.0. The Morgan fingerprint density at radius 1 is 1.16 bits per heavy atom. The number of carbonyl (C=O) groups is 1. The molecular formula is C22H22ClF3N6O4S. The first kappa shape index (κ1) is 26.7. The lowest BCUT2D eigenvalue weighted by Gasteiger charge is -2.35. The maximum Gasteiger partial charge on any atom is 0.406 e. The highest BCUT2D eigenvalue weighted by Crippen LogP contribution is 2.28. The van der Waals surface area contributed by atoms with Crippen molar-refractivity contribution in [3.05, 3.63) is 53.4 Å². The minimum absolute atomic E-state index is 0.0107. The Balaban J connectivity index is 1.57. The van der Waals surface area contributed by atoms with E-state index >= 15 is 0 Å². The summed E-state index contributed by atoms with van der Waals surface area (Å²) in [6.45, 7) is 0.116. The van der Waals surface area contributed by atoms with E-state index in [1.165, 1.54) is 36.7 Å². The largest absolute Gasteiger partial charge is 0.485 e. The molecule has 0 radical (unpaired) electrons. The van der Waals surface area contributed by atoms with Gasteiger partial charge in [0.1, 0.15) is 12.6 Å². The van der Waals surface area contributed by atoms with E-state index < -0.39 is 28.7 Å². The first-order chi connectivity index (χ1) is 17.2. The minimum Gasteiger partial charge on any atom is -0.485 e. The summed E-state index contributed by atoms with van der Waals surface area (Å²) in [6, 6.07) is 5.25. The number of ether oxygens (including phenoxy) is 1. The molecule has 2 N–H and O–H groups in total. The Morgan fingerprint density at radius 2 is 1.81 bits per heavy atom. The number of likely N-dealkylation sites (N-methyl/N-ethyl adjacent to an activating group) is 1. The maximum absolute atomic E-state index is 13.2. The molecule has 198 valence electrons. The van der Waals surface area contributed by atoms with Crippen molar-refractivity contribution >= 4 is 38.9 Å². The summed E-state index contributed by atoms with van der Waals surface area (Å²) in [6.07, 6.45) is 0.143. The quantitative estimate of drug-likeness (QED) is 0.434. The topological polar surface area (TPSA) is 118 Å². The molecule has 10 nitrogen and oxygen atoms in total. The average molecular weight is 559 g/mol. The van der Waals surface area contributed by atoms with Crippen molar-refractivity contribution in [3.8, 4) is 17.3 Å². The zero-order valence-electron chi connectivity index (χ0n) is 19.6. The molecule has 3 heterocycles. The van der Waals surface area contributed by atoms with E-state index in [1.54, 1.807) is 0 Å². The second-order valence-corrected chi connectivity index (χ2v) is 10.8. The highest BCUT2D eigenvalue weighted by molar-refractivity contribution is 7.92. The van der Waals surface area contributed by atoms with Gasteiger partial charge in [-0.05, 0) is 31.3 Å². The Labute approximate surface area is 215 Å². The summed E-state index contributed by atoms with van der Waals surface area (Å²) in [5.41, 5.74) is 0.110.